The van der Waals surface area contributed by atoms with Crippen LogP contribution in [0.5, 0.6) is 5.75 Å². The third kappa shape index (κ3) is 4.22. The van der Waals surface area contributed by atoms with E-state index >= 15 is 0 Å². The molecule has 0 radical (unpaired) electrons. The topological polar surface area (TPSA) is 41.5 Å². The van der Waals surface area contributed by atoms with E-state index in [0.29, 0.717) is 19.2 Å². The second kappa shape index (κ2) is 7.65. The molecule has 3 atom stereocenters. The maximum Gasteiger partial charge on any atom is 0.119 e. The highest BCUT2D eigenvalue weighted by Crippen LogP contribution is 2.24. The summed E-state index contributed by atoms with van der Waals surface area (Å²) in [6.45, 7) is 5.57. The molecule has 0 heterocycles. The summed E-state index contributed by atoms with van der Waals surface area (Å²) in [6, 6.07) is 8.29. The molecule has 1 aliphatic rings. The highest BCUT2D eigenvalue weighted by atomic mass is 16.5. The Balaban J connectivity index is 1.83. The van der Waals surface area contributed by atoms with Gasteiger partial charge in [-0.05, 0) is 43.4 Å². The molecule has 0 aromatic heterocycles. The van der Waals surface area contributed by atoms with Gasteiger partial charge in [-0.2, -0.15) is 0 Å². The van der Waals surface area contributed by atoms with E-state index in [9.17, 15) is 5.11 Å². The minimum absolute atomic E-state index is 0.445. The number of ether oxygens (including phenoxy) is 1. The first kappa shape index (κ1) is 15.3. The van der Waals surface area contributed by atoms with Gasteiger partial charge < -0.3 is 15.2 Å². The molecule has 0 spiro atoms. The van der Waals surface area contributed by atoms with E-state index in [1.807, 2.05) is 31.2 Å². The molecule has 3 unspecified atom stereocenters. The number of benzene rings is 1. The van der Waals surface area contributed by atoms with Crippen molar-refractivity contribution in [3.05, 3.63) is 29.8 Å². The Bertz CT molecular complexity index is 390. The lowest BCUT2D eigenvalue weighted by Gasteiger charge is -2.30. The van der Waals surface area contributed by atoms with Crippen LogP contribution in [-0.2, 0) is 0 Å². The maximum absolute atomic E-state index is 10.3. The molecular formula is C17H27NO2. The quantitative estimate of drug-likeness (QED) is 0.838. The third-order valence-electron chi connectivity index (χ3n) is 4.26. The van der Waals surface area contributed by atoms with Crippen LogP contribution in [0, 0.1) is 5.92 Å². The summed E-state index contributed by atoms with van der Waals surface area (Å²) in [5, 5.41) is 13.8. The van der Waals surface area contributed by atoms with Crippen LogP contribution in [-0.4, -0.2) is 24.3 Å². The molecule has 0 saturated heterocycles. The smallest absolute Gasteiger partial charge is 0.119 e. The molecule has 0 amide bonds. The minimum Gasteiger partial charge on any atom is -0.494 e. The van der Waals surface area contributed by atoms with E-state index in [0.717, 1.165) is 17.2 Å². The van der Waals surface area contributed by atoms with Gasteiger partial charge in [0.05, 0.1) is 12.7 Å². The summed E-state index contributed by atoms with van der Waals surface area (Å²) in [7, 11) is 0. The van der Waals surface area contributed by atoms with Crippen LogP contribution >= 0.6 is 0 Å². The van der Waals surface area contributed by atoms with Crippen molar-refractivity contribution in [2.24, 2.45) is 5.92 Å². The molecule has 1 aromatic carbocycles. The van der Waals surface area contributed by atoms with Gasteiger partial charge in [0.25, 0.3) is 0 Å². The number of aliphatic hydroxyl groups is 1. The summed E-state index contributed by atoms with van der Waals surface area (Å²) >= 11 is 0. The molecule has 3 heteroatoms. The van der Waals surface area contributed by atoms with Crippen LogP contribution in [0.1, 0.15) is 51.2 Å². The first-order chi connectivity index (χ1) is 9.70. The van der Waals surface area contributed by atoms with Gasteiger partial charge in [0, 0.05) is 12.6 Å². The van der Waals surface area contributed by atoms with Crippen molar-refractivity contribution in [2.75, 3.05) is 13.2 Å². The summed E-state index contributed by atoms with van der Waals surface area (Å²) in [6.07, 6.45) is 4.75. The molecule has 112 valence electrons. The predicted molar refractivity (Wildman–Crippen MR) is 82.0 cm³/mol. The summed E-state index contributed by atoms with van der Waals surface area (Å²) < 4.78 is 5.41. The van der Waals surface area contributed by atoms with E-state index in [-0.39, 0.29) is 0 Å². The molecule has 2 N–H and O–H groups in total. The molecule has 1 fully saturated rings. The molecule has 2 rings (SSSR count). The predicted octanol–water partition coefficient (Wildman–Crippen LogP) is 3.29. The monoisotopic (exact) mass is 277 g/mol. The lowest BCUT2D eigenvalue weighted by molar-refractivity contribution is 0.157. The molecule has 20 heavy (non-hydrogen) atoms. The lowest BCUT2D eigenvalue weighted by atomic mass is 9.86. The van der Waals surface area contributed by atoms with Crippen molar-refractivity contribution in [3.63, 3.8) is 0 Å². The largest absolute Gasteiger partial charge is 0.494 e. The first-order valence-corrected chi connectivity index (χ1v) is 7.85. The van der Waals surface area contributed by atoms with Gasteiger partial charge in [-0.15, -0.1) is 0 Å². The van der Waals surface area contributed by atoms with Crippen LogP contribution in [0.4, 0.5) is 0 Å². The lowest BCUT2D eigenvalue weighted by Crippen LogP contribution is -2.39. The van der Waals surface area contributed by atoms with Crippen LogP contribution in [0.25, 0.3) is 0 Å². The van der Waals surface area contributed by atoms with Gasteiger partial charge >= 0.3 is 0 Å². The van der Waals surface area contributed by atoms with Crippen molar-refractivity contribution in [1.82, 2.24) is 5.32 Å². The second-order valence-corrected chi connectivity index (χ2v) is 5.79. The fourth-order valence-corrected chi connectivity index (χ4v) is 2.95. The maximum atomic E-state index is 10.3. The van der Waals surface area contributed by atoms with Crippen LogP contribution in [0.15, 0.2) is 24.3 Å². The molecular weight excluding hydrogens is 250 g/mol. The zero-order valence-electron chi connectivity index (χ0n) is 12.6. The average molecular weight is 277 g/mol. The number of hydrogen-bond acceptors (Lipinski definition) is 3. The number of aliphatic hydroxyl groups excluding tert-OH is 1. The van der Waals surface area contributed by atoms with Crippen molar-refractivity contribution in [1.29, 1.82) is 0 Å². The van der Waals surface area contributed by atoms with Crippen LogP contribution in [0.2, 0.25) is 0 Å². The SMILES string of the molecule is CCOc1ccc(C(O)CNC2CCCCC2C)cc1. The van der Waals surface area contributed by atoms with Gasteiger partial charge in [0.2, 0.25) is 0 Å². The van der Waals surface area contributed by atoms with Crippen LogP contribution < -0.4 is 10.1 Å². The van der Waals surface area contributed by atoms with Gasteiger partial charge in [-0.1, -0.05) is 31.9 Å². The Morgan fingerprint density at radius 1 is 1.25 bits per heavy atom. The Morgan fingerprint density at radius 2 is 1.95 bits per heavy atom. The van der Waals surface area contributed by atoms with E-state index in [1.165, 1.54) is 25.7 Å². The number of hydrogen-bond donors (Lipinski definition) is 2. The fraction of sp³-hybridized carbons (Fsp3) is 0.647. The Labute approximate surface area is 122 Å². The highest BCUT2D eigenvalue weighted by molar-refractivity contribution is 5.28. The van der Waals surface area contributed by atoms with Crippen molar-refractivity contribution in [2.45, 2.75) is 51.7 Å². The minimum atomic E-state index is -0.445. The van der Waals surface area contributed by atoms with E-state index < -0.39 is 6.10 Å². The molecule has 1 saturated carbocycles. The van der Waals surface area contributed by atoms with E-state index in [1.54, 1.807) is 0 Å². The van der Waals surface area contributed by atoms with E-state index in [4.69, 9.17) is 4.74 Å². The van der Waals surface area contributed by atoms with Gasteiger partial charge in [-0.25, -0.2) is 0 Å². The van der Waals surface area contributed by atoms with Gasteiger partial charge in [0.1, 0.15) is 5.75 Å². The average Bonchev–Trinajstić information content (AvgIpc) is 2.47. The Kier molecular flexibility index (Phi) is 5.86. The van der Waals surface area contributed by atoms with Crippen molar-refractivity contribution < 1.29 is 9.84 Å². The molecule has 1 aliphatic carbocycles. The Hall–Kier alpha value is -1.06. The molecule has 1 aromatic rings. The van der Waals surface area contributed by atoms with Gasteiger partial charge in [-0.3, -0.25) is 0 Å². The van der Waals surface area contributed by atoms with Crippen molar-refractivity contribution in [3.8, 4) is 5.75 Å². The van der Waals surface area contributed by atoms with Crippen LogP contribution in [0.3, 0.4) is 0 Å². The molecule has 3 nitrogen and oxygen atoms in total. The standard InChI is InChI=1S/C17H27NO2/c1-3-20-15-10-8-14(9-11-15)17(19)12-18-16-7-5-4-6-13(16)2/h8-11,13,16-19H,3-7,12H2,1-2H3. The third-order valence-corrected chi connectivity index (χ3v) is 4.26. The summed E-state index contributed by atoms with van der Waals surface area (Å²) in [5.74, 6) is 1.58. The molecule has 0 aliphatic heterocycles. The summed E-state index contributed by atoms with van der Waals surface area (Å²) in [5.41, 5.74) is 0.949. The normalized spacial score (nSPS) is 24.4. The second-order valence-electron chi connectivity index (χ2n) is 5.79. The summed E-state index contributed by atoms with van der Waals surface area (Å²) in [4.78, 5) is 0. The van der Waals surface area contributed by atoms with Crippen molar-refractivity contribution >= 4 is 0 Å². The molecule has 0 bridgehead atoms. The number of nitrogens with one attached hydrogen (secondary N) is 1. The highest BCUT2D eigenvalue weighted by Gasteiger charge is 2.21. The number of rotatable bonds is 6. The van der Waals surface area contributed by atoms with Gasteiger partial charge in [0.15, 0.2) is 0 Å². The fourth-order valence-electron chi connectivity index (χ4n) is 2.95. The van der Waals surface area contributed by atoms with E-state index in [2.05, 4.69) is 12.2 Å². The first-order valence-electron chi connectivity index (χ1n) is 7.85. The Morgan fingerprint density at radius 3 is 2.60 bits per heavy atom. The zero-order valence-corrected chi connectivity index (χ0v) is 12.6. The zero-order chi connectivity index (χ0) is 14.4.